The molecule has 0 fully saturated rings. The molecule has 0 aliphatic heterocycles. The number of ether oxygens (including phenoxy) is 1. The molecule has 1 aromatic heterocycles. The van der Waals surface area contributed by atoms with Crippen LogP contribution in [0.5, 0.6) is 5.75 Å². The molecular weight excluding hydrogens is 260 g/mol. The number of hydrogen-bond donors (Lipinski definition) is 2. The Morgan fingerprint density at radius 2 is 2.32 bits per heavy atom. The van der Waals surface area contributed by atoms with Crippen LogP contribution in [0.4, 0.5) is 0 Å². The van der Waals surface area contributed by atoms with E-state index in [2.05, 4.69) is 28.2 Å². The molecule has 0 saturated carbocycles. The molecule has 3 N–H and O–H groups in total. The Morgan fingerprint density at radius 1 is 1.47 bits per heavy atom. The third-order valence-corrected chi connectivity index (χ3v) is 4.21. The van der Waals surface area contributed by atoms with Crippen molar-refractivity contribution >= 4 is 11.8 Å². The van der Waals surface area contributed by atoms with Gasteiger partial charge < -0.3 is 10.5 Å². The second-order valence-corrected chi connectivity index (χ2v) is 5.31. The lowest BCUT2D eigenvalue weighted by Gasteiger charge is -2.22. The van der Waals surface area contributed by atoms with Crippen molar-refractivity contribution in [3.05, 3.63) is 36.2 Å². The minimum Gasteiger partial charge on any atom is -0.497 e. The monoisotopic (exact) mass is 278 g/mol. The van der Waals surface area contributed by atoms with Crippen molar-refractivity contribution in [2.24, 2.45) is 5.73 Å². The van der Waals surface area contributed by atoms with Gasteiger partial charge in [-0.2, -0.15) is 5.10 Å². The van der Waals surface area contributed by atoms with Crippen LogP contribution in [0, 0.1) is 0 Å². The van der Waals surface area contributed by atoms with Gasteiger partial charge in [-0.3, -0.25) is 5.10 Å². The highest BCUT2D eigenvalue weighted by atomic mass is 32.2. The van der Waals surface area contributed by atoms with Gasteiger partial charge in [-0.25, -0.2) is 4.98 Å². The van der Waals surface area contributed by atoms with Crippen LogP contribution in [0.3, 0.4) is 0 Å². The summed E-state index contributed by atoms with van der Waals surface area (Å²) in [5, 5.41) is 7.62. The van der Waals surface area contributed by atoms with Crippen molar-refractivity contribution in [3.63, 3.8) is 0 Å². The van der Waals surface area contributed by atoms with E-state index in [1.807, 2.05) is 18.2 Å². The highest BCUT2D eigenvalue weighted by molar-refractivity contribution is 7.99. The van der Waals surface area contributed by atoms with Gasteiger partial charge in [0.1, 0.15) is 12.1 Å². The molecule has 2 aromatic rings. The van der Waals surface area contributed by atoms with Crippen LogP contribution in [0.1, 0.15) is 24.2 Å². The van der Waals surface area contributed by atoms with Crippen LogP contribution >= 0.6 is 11.8 Å². The molecule has 102 valence electrons. The maximum atomic E-state index is 6.23. The van der Waals surface area contributed by atoms with Gasteiger partial charge in [0.05, 0.1) is 12.4 Å². The fraction of sp³-hybridized carbons (Fsp3) is 0.385. The van der Waals surface area contributed by atoms with Gasteiger partial charge in [0.15, 0.2) is 5.16 Å². The number of methoxy groups -OCH3 is 1. The molecule has 6 heteroatoms. The summed E-state index contributed by atoms with van der Waals surface area (Å²) < 4.78 is 5.27. The summed E-state index contributed by atoms with van der Waals surface area (Å²) in [5.74, 6) is 0.837. The molecule has 0 amide bonds. The zero-order chi connectivity index (χ0) is 13.7. The van der Waals surface area contributed by atoms with Gasteiger partial charge in [-0.15, -0.1) is 0 Å². The molecule has 0 bridgehead atoms. The Balaban J connectivity index is 2.25. The molecule has 19 heavy (non-hydrogen) atoms. The smallest absolute Gasteiger partial charge is 0.184 e. The van der Waals surface area contributed by atoms with E-state index in [0.717, 1.165) is 22.9 Å². The van der Waals surface area contributed by atoms with Crippen molar-refractivity contribution in [1.82, 2.24) is 15.2 Å². The summed E-state index contributed by atoms with van der Waals surface area (Å²) in [6, 6.07) is 8.03. The van der Waals surface area contributed by atoms with E-state index in [4.69, 9.17) is 10.5 Å². The number of rotatable bonds is 6. The number of nitrogens with zero attached hydrogens (tertiary/aromatic N) is 2. The average molecular weight is 278 g/mol. The summed E-state index contributed by atoms with van der Waals surface area (Å²) in [6.45, 7) is 2.08. The standard InChI is InChI=1S/C13H18N4OS/c1-3-11(14)12(19-13-15-8-16-17-13)9-5-4-6-10(7-9)18-2/h4-8,11-12H,3,14H2,1-2H3,(H,15,16,17). The molecule has 0 saturated heterocycles. The van der Waals surface area contributed by atoms with E-state index in [9.17, 15) is 0 Å². The summed E-state index contributed by atoms with van der Waals surface area (Å²) in [6.07, 6.45) is 2.39. The molecule has 0 aliphatic rings. The molecule has 1 heterocycles. The fourth-order valence-corrected chi connectivity index (χ4v) is 2.91. The first-order valence-electron chi connectivity index (χ1n) is 6.16. The van der Waals surface area contributed by atoms with Crippen molar-refractivity contribution in [1.29, 1.82) is 0 Å². The zero-order valence-electron chi connectivity index (χ0n) is 11.0. The van der Waals surface area contributed by atoms with E-state index in [1.165, 1.54) is 6.33 Å². The highest BCUT2D eigenvalue weighted by Gasteiger charge is 2.21. The number of thioether (sulfide) groups is 1. The van der Waals surface area contributed by atoms with E-state index < -0.39 is 0 Å². The summed E-state index contributed by atoms with van der Waals surface area (Å²) in [4.78, 5) is 4.15. The Labute approximate surface area is 117 Å². The number of nitrogens with one attached hydrogen (secondary N) is 1. The van der Waals surface area contributed by atoms with Gasteiger partial charge in [-0.1, -0.05) is 30.8 Å². The van der Waals surface area contributed by atoms with Gasteiger partial charge >= 0.3 is 0 Å². The predicted molar refractivity (Wildman–Crippen MR) is 76.2 cm³/mol. The first kappa shape index (κ1) is 13.9. The Morgan fingerprint density at radius 3 is 2.95 bits per heavy atom. The van der Waals surface area contributed by atoms with Gasteiger partial charge in [0, 0.05) is 6.04 Å². The summed E-state index contributed by atoms with van der Waals surface area (Å²) >= 11 is 1.59. The number of benzene rings is 1. The number of aromatic nitrogens is 3. The lowest BCUT2D eigenvalue weighted by atomic mass is 10.0. The minimum absolute atomic E-state index is 0.0437. The second-order valence-electron chi connectivity index (χ2n) is 4.18. The largest absolute Gasteiger partial charge is 0.497 e. The summed E-state index contributed by atoms with van der Waals surface area (Å²) in [7, 11) is 1.66. The first-order chi connectivity index (χ1) is 9.24. The predicted octanol–water partition coefficient (Wildman–Crippen LogP) is 2.38. The number of hydrogen-bond acceptors (Lipinski definition) is 5. The SMILES string of the molecule is CCC(N)C(Sc1ncn[nH]1)c1cccc(OC)c1. The van der Waals surface area contributed by atoms with E-state index in [1.54, 1.807) is 18.9 Å². The first-order valence-corrected chi connectivity index (χ1v) is 7.04. The Hall–Kier alpha value is -1.53. The van der Waals surface area contributed by atoms with Crippen LogP contribution in [0.15, 0.2) is 35.7 Å². The number of nitrogens with two attached hydrogens (primary N) is 1. The van der Waals surface area contributed by atoms with Gasteiger partial charge in [-0.05, 0) is 24.1 Å². The third kappa shape index (κ3) is 3.48. The molecule has 2 unspecified atom stereocenters. The maximum absolute atomic E-state index is 6.23. The zero-order valence-corrected chi connectivity index (χ0v) is 11.9. The van der Waals surface area contributed by atoms with Crippen molar-refractivity contribution in [2.45, 2.75) is 29.8 Å². The van der Waals surface area contributed by atoms with E-state index in [-0.39, 0.29) is 11.3 Å². The quantitative estimate of drug-likeness (QED) is 0.793. The number of aromatic amines is 1. The Kier molecular flexibility index (Phi) is 4.81. The van der Waals surface area contributed by atoms with E-state index >= 15 is 0 Å². The lowest BCUT2D eigenvalue weighted by molar-refractivity contribution is 0.414. The van der Waals surface area contributed by atoms with Crippen molar-refractivity contribution in [2.75, 3.05) is 7.11 Å². The lowest BCUT2D eigenvalue weighted by Crippen LogP contribution is -2.25. The van der Waals surface area contributed by atoms with E-state index in [0.29, 0.717) is 0 Å². The van der Waals surface area contributed by atoms with Crippen LogP contribution in [0.25, 0.3) is 0 Å². The van der Waals surface area contributed by atoms with Crippen LogP contribution in [-0.2, 0) is 0 Å². The Bertz CT molecular complexity index is 503. The molecule has 2 rings (SSSR count). The average Bonchev–Trinajstić information content (AvgIpc) is 2.97. The normalized spacial score (nSPS) is 14.1. The summed E-state index contributed by atoms with van der Waals surface area (Å²) in [5.41, 5.74) is 7.37. The fourth-order valence-electron chi connectivity index (χ4n) is 1.81. The molecule has 0 spiro atoms. The van der Waals surface area contributed by atoms with Crippen molar-refractivity contribution < 1.29 is 4.74 Å². The molecule has 5 nitrogen and oxygen atoms in total. The van der Waals surface area contributed by atoms with Gasteiger partial charge in [0.2, 0.25) is 0 Å². The van der Waals surface area contributed by atoms with Crippen molar-refractivity contribution in [3.8, 4) is 5.75 Å². The molecule has 0 aliphatic carbocycles. The van der Waals surface area contributed by atoms with Crippen LogP contribution in [0.2, 0.25) is 0 Å². The maximum Gasteiger partial charge on any atom is 0.184 e. The molecule has 1 aromatic carbocycles. The van der Waals surface area contributed by atoms with Gasteiger partial charge in [0.25, 0.3) is 0 Å². The molecule has 0 radical (unpaired) electrons. The second kappa shape index (κ2) is 6.58. The van der Waals surface area contributed by atoms with Crippen LogP contribution < -0.4 is 10.5 Å². The molecular formula is C13H18N4OS. The minimum atomic E-state index is 0.0437. The topological polar surface area (TPSA) is 76.8 Å². The number of H-pyrrole nitrogens is 1. The third-order valence-electron chi connectivity index (χ3n) is 2.91. The van der Waals surface area contributed by atoms with Crippen LogP contribution in [-0.4, -0.2) is 28.3 Å². The highest BCUT2D eigenvalue weighted by Crippen LogP contribution is 2.37. The molecule has 2 atom stereocenters.